The molecule has 0 fully saturated rings. The van der Waals surface area contributed by atoms with Crippen molar-refractivity contribution < 1.29 is 4.79 Å². The summed E-state index contributed by atoms with van der Waals surface area (Å²) in [4.78, 5) is 10.6. The molecule has 16 heavy (non-hydrogen) atoms. The zero-order valence-electron chi connectivity index (χ0n) is 10.1. The molecule has 1 aromatic carbocycles. The molecule has 0 saturated heterocycles. The van der Waals surface area contributed by atoms with Crippen molar-refractivity contribution >= 4 is 17.9 Å². The first-order chi connectivity index (χ1) is 7.39. The number of rotatable bonds is 3. The summed E-state index contributed by atoms with van der Waals surface area (Å²) in [5.74, 6) is 0. The van der Waals surface area contributed by atoms with Crippen molar-refractivity contribution in [2.45, 2.75) is 32.6 Å². The summed E-state index contributed by atoms with van der Waals surface area (Å²) in [6, 6.07) is 8.53. The predicted molar refractivity (Wildman–Crippen MR) is 71.2 cm³/mol. The van der Waals surface area contributed by atoms with Gasteiger partial charge < -0.3 is 5.32 Å². The van der Waals surface area contributed by atoms with Crippen LogP contribution < -0.4 is 5.32 Å². The largest absolute Gasteiger partial charge is 0.347 e. The summed E-state index contributed by atoms with van der Waals surface area (Å²) >= 11 is 3.65. The summed E-state index contributed by atoms with van der Waals surface area (Å²) in [5.41, 5.74) is 2.75. The molecule has 0 aromatic heterocycles. The average Bonchev–Trinajstić information content (AvgIpc) is 2.16. The quantitative estimate of drug-likeness (QED) is 0.777. The van der Waals surface area contributed by atoms with Crippen molar-refractivity contribution in [3.8, 4) is 0 Å². The van der Waals surface area contributed by atoms with Gasteiger partial charge in [0.25, 0.3) is 5.24 Å². The molecule has 0 heterocycles. The molecule has 88 valence electrons. The lowest BCUT2D eigenvalue weighted by Crippen LogP contribution is -2.19. The van der Waals surface area contributed by atoms with Crippen molar-refractivity contribution in [2.24, 2.45) is 0 Å². The number of amides is 1. The molecule has 1 N–H and O–H groups in total. The molecular weight excluding hydrogens is 218 g/mol. The second-order valence-corrected chi connectivity index (χ2v) is 5.34. The molecule has 0 aliphatic carbocycles. The monoisotopic (exact) mass is 237 g/mol. The van der Waals surface area contributed by atoms with E-state index in [2.05, 4.69) is 63.0 Å². The zero-order valence-corrected chi connectivity index (χ0v) is 11.0. The maximum Gasteiger partial charge on any atom is 0.275 e. The van der Waals surface area contributed by atoms with Gasteiger partial charge in [-0.05, 0) is 23.0 Å². The maximum absolute atomic E-state index is 10.6. The van der Waals surface area contributed by atoms with Crippen LogP contribution >= 0.6 is 12.6 Å². The van der Waals surface area contributed by atoms with E-state index in [4.69, 9.17) is 0 Å². The summed E-state index contributed by atoms with van der Waals surface area (Å²) in [7, 11) is 0. The molecule has 1 rings (SSSR count). The number of thiol groups is 1. The van der Waals surface area contributed by atoms with E-state index in [1.807, 2.05) is 0 Å². The van der Waals surface area contributed by atoms with Gasteiger partial charge in [0.1, 0.15) is 0 Å². The molecule has 1 amide bonds. The van der Waals surface area contributed by atoms with Crippen molar-refractivity contribution in [2.75, 3.05) is 6.54 Å². The van der Waals surface area contributed by atoms with Gasteiger partial charge in [-0.3, -0.25) is 4.79 Å². The third-order valence-electron chi connectivity index (χ3n) is 2.51. The van der Waals surface area contributed by atoms with Gasteiger partial charge >= 0.3 is 0 Å². The van der Waals surface area contributed by atoms with E-state index in [1.54, 1.807) is 0 Å². The first kappa shape index (κ1) is 13.1. The van der Waals surface area contributed by atoms with Gasteiger partial charge in [-0.15, -0.1) is 0 Å². The average molecular weight is 237 g/mol. The van der Waals surface area contributed by atoms with Gasteiger partial charge in [-0.1, -0.05) is 57.7 Å². The standard InChI is InChI=1S/C13H19NOS/c1-13(2,3)11-6-4-10(5-7-11)8-9-14-12(15)16/h4-7H,8-9H2,1-3H3,(H2,14,15,16). The van der Waals surface area contributed by atoms with E-state index in [9.17, 15) is 4.79 Å². The smallest absolute Gasteiger partial charge is 0.275 e. The Morgan fingerprint density at radius 2 is 1.81 bits per heavy atom. The Hall–Kier alpha value is -0.960. The van der Waals surface area contributed by atoms with E-state index in [0.717, 1.165) is 6.42 Å². The van der Waals surface area contributed by atoms with Gasteiger partial charge in [0, 0.05) is 6.54 Å². The van der Waals surface area contributed by atoms with Crippen LogP contribution in [0.2, 0.25) is 0 Å². The van der Waals surface area contributed by atoms with Crippen molar-refractivity contribution in [1.82, 2.24) is 5.32 Å². The zero-order chi connectivity index (χ0) is 12.2. The molecule has 0 saturated carbocycles. The molecular formula is C13H19NOS. The van der Waals surface area contributed by atoms with Gasteiger partial charge in [-0.2, -0.15) is 0 Å². The second kappa shape index (κ2) is 5.39. The van der Waals surface area contributed by atoms with E-state index in [1.165, 1.54) is 11.1 Å². The second-order valence-electron chi connectivity index (χ2n) is 4.93. The summed E-state index contributed by atoms with van der Waals surface area (Å²) < 4.78 is 0. The van der Waals surface area contributed by atoms with Crippen LogP contribution in [0.25, 0.3) is 0 Å². The summed E-state index contributed by atoms with van der Waals surface area (Å²) in [6.07, 6.45) is 0.844. The molecule has 1 aromatic rings. The molecule has 0 spiro atoms. The first-order valence-corrected chi connectivity index (χ1v) is 5.90. The van der Waals surface area contributed by atoms with E-state index in [0.29, 0.717) is 6.54 Å². The lowest BCUT2D eigenvalue weighted by molar-refractivity contribution is 0.261. The van der Waals surface area contributed by atoms with Gasteiger partial charge in [0.2, 0.25) is 0 Å². The van der Waals surface area contributed by atoms with Crippen LogP contribution in [0.1, 0.15) is 31.9 Å². The van der Waals surface area contributed by atoms with E-state index in [-0.39, 0.29) is 10.7 Å². The van der Waals surface area contributed by atoms with Crippen LogP contribution in [-0.2, 0) is 11.8 Å². The van der Waals surface area contributed by atoms with Crippen molar-refractivity contribution in [1.29, 1.82) is 0 Å². The Labute approximate surface area is 103 Å². The minimum absolute atomic E-state index is 0.192. The lowest BCUT2D eigenvalue weighted by Gasteiger charge is -2.19. The number of carbonyl (C=O) groups excluding carboxylic acids is 1. The highest BCUT2D eigenvalue weighted by Crippen LogP contribution is 2.22. The third-order valence-corrected chi connectivity index (χ3v) is 2.67. The Morgan fingerprint density at radius 1 is 1.25 bits per heavy atom. The molecule has 0 radical (unpaired) electrons. The SMILES string of the molecule is CC(C)(C)c1ccc(CCNC(=O)S)cc1. The van der Waals surface area contributed by atoms with Crippen LogP contribution in [0.5, 0.6) is 0 Å². The van der Waals surface area contributed by atoms with Crippen LogP contribution in [0, 0.1) is 0 Å². The van der Waals surface area contributed by atoms with Crippen LogP contribution in [0.4, 0.5) is 4.79 Å². The Kier molecular flexibility index (Phi) is 4.42. The lowest BCUT2D eigenvalue weighted by atomic mass is 9.86. The minimum Gasteiger partial charge on any atom is -0.347 e. The van der Waals surface area contributed by atoms with E-state index >= 15 is 0 Å². The molecule has 0 aliphatic heterocycles. The fourth-order valence-corrected chi connectivity index (χ4v) is 1.60. The number of hydrogen-bond acceptors (Lipinski definition) is 1. The van der Waals surface area contributed by atoms with Crippen LogP contribution in [0.15, 0.2) is 24.3 Å². The molecule has 0 atom stereocenters. The molecule has 0 aliphatic rings. The van der Waals surface area contributed by atoms with Crippen molar-refractivity contribution in [3.63, 3.8) is 0 Å². The number of nitrogens with one attached hydrogen (secondary N) is 1. The Bertz CT molecular complexity index is 351. The van der Waals surface area contributed by atoms with Gasteiger partial charge in [0.15, 0.2) is 0 Å². The normalized spacial score (nSPS) is 11.2. The van der Waals surface area contributed by atoms with Gasteiger partial charge in [-0.25, -0.2) is 0 Å². The highest BCUT2D eigenvalue weighted by molar-refractivity contribution is 7.96. The number of hydrogen-bond donors (Lipinski definition) is 2. The highest BCUT2D eigenvalue weighted by Gasteiger charge is 2.12. The minimum atomic E-state index is -0.272. The Balaban J connectivity index is 2.55. The fourth-order valence-electron chi connectivity index (χ4n) is 1.49. The van der Waals surface area contributed by atoms with E-state index < -0.39 is 0 Å². The van der Waals surface area contributed by atoms with Crippen LogP contribution in [-0.4, -0.2) is 11.8 Å². The summed E-state index contributed by atoms with van der Waals surface area (Å²) in [6.45, 7) is 7.23. The molecule has 3 heteroatoms. The highest BCUT2D eigenvalue weighted by atomic mass is 32.1. The van der Waals surface area contributed by atoms with Crippen molar-refractivity contribution in [3.05, 3.63) is 35.4 Å². The third kappa shape index (κ3) is 4.27. The number of benzene rings is 1. The first-order valence-electron chi connectivity index (χ1n) is 5.46. The van der Waals surface area contributed by atoms with Gasteiger partial charge in [0.05, 0.1) is 0 Å². The fraction of sp³-hybridized carbons (Fsp3) is 0.462. The molecule has 0 bridgehead atoms. The van der Waals surface area contributed by atoms with Crippen LogP contribution in [0.3, 0.4) is 0 Å². The molecule has 0 unspecified atom stereocenters. The Morgan fingerprint density at radius 3 is 2.25 bits per heavy atom. The number of carbonyl (C=O) groups is 1. The maximum atomic E-state index is 10.6. The predicted octanol–water partition coefficient (Wildman–Crippen LogP) is 3.17. The topological polar surface area (TPSA) is 29.1 Å². The summed E-state index contributed by atoms with van der Waals surface area (Å²) in [5, 5.41) is 2.39. The molecule has 2 nitrogen and oxygen atoms in total.